The molecule has 3 atom stereocenters. The number of benzene rings is 8. The molecule has 55 heavy (non-hydrogen) atoms. The molecule has 3 unspecified atom stereocenters. The largest absolute Gasteiger partial charge is 0.310 e. The fourth-order valence-corrected chi connectivity index (χ4v) is 10.5. The van der Waals surface area contributed by atoms with Crippen molar-refractivity contribution in [1.82, 2.24) is 0 Å². The summed E-state index contributed by atoms with van der Waals surface area (Å²) in [5, 5.41) is 2.44. The van der Waals surface area contributed by atoms with Crippen LogP contribution in [0, 0.1) is 5.92 Å². The zero-order chi connectivity index (χ0) is 36.4. The first-order chi connectivity index (χ1) is 27.3. The summed E-state index contributed by atoms with van der Waals surface area (Å²) in [6, 6.07) is 72.6. The van der Waals surface area contributed by atoms with E-state index >= 15 is 0 Å². The second-order valence-corrected chi connectivity index (χ2v) is 15.1. The highest BCUT2D eigenvalue weighted by Gasteiger charge is 2.59. The SMILES string of the molecule is C1=CCC(C23c4ccccc4-c4cccc(c42)C(c2ccccc2)(c2cccc(N(c4ccccc4)c4cccc5ccccc45)c2)c2ccccc23)C=C1. The zero-order valence-corrected chi connectivity index (χ0v) is 30.5. The number of hydrogen-bond acceptors (Lipinski definition) is 1. The minimum Gasteiger partial charge on any atom is -0.310 e. The van der Waals surface area contributed by atoms with Crippen LogP contribution in [0.5, 0.6) is 0 Å². The van der Waals surface area contributed by atoms with E-state index in [1.54, 1.807) is 0 Å². The second kappa shape index (κ2) is 12.4. The van der Waals surface area contributed by atoms with Crippen molar-refractivity contribution in [3.63, 3.8) is 0 Å². The number of para-hydroxylation sites is 1. The molecular weight excluding hydrogens is 663 g/mol. The molecule has 0 heterocycles. The lowest BCUT2D eigenvalue weighted by Gasteiger charge is -2.51. The third-order valence-corrected chi connectivity index (χ3v) is 12.6. The average Bonchev–Trinajstić information content (AvgIpc) is 3.57. The molecule has 8 aromatic rings. The first-order valence-corrected chi connectivity index (χ1v) is 19.5. The lowest BCUT2D eigenvalue weighted by Crippen LogP contribution is -2.47. The molecule has 0 aliphatic heterocycles. The van der Waals surface area contributed by atoms with Gasteiger partial charge < -0.3 is 4.90 Å². The Morgan fingerprint density at radius 1 is 0.455 bits per heavy atom. The molecule has 0 N–H and O–H groups in total. The van der Waals surface area contributed by atoms with Crippen LogP contribution in [0.3, 0.4) is 0 Å². The van der Waals surface area contributed by atoms with Gasteiger partial charge in [0.05, 0.1) is 16.5 Å². The molecule has 0 radical (unpaired) electrons. The number of rotatable bonds is 6. The van der Waals surface area contributed by atoms with Crippen molar-refractivity contribution in [3.05, 3.63) is 257 Å². The highest BCUT2D eigenvalue weighted by atomic mass is 15.1. The molecule has 0 spiro atoms. The fraction of sp³-hybridized carbons (Fsp3) is 0.0741. The predicted molar refractivity (Wildman–Crippen MR) is 229 cm³/mol. The Hall–Kier alpha value is -6.70. The molecule has 3 aliphatic rings. The van der Waals surface area contributed by atoms with Crippen molar-refractivity contribution < 1.29 is 0 Å². The van der Waals surface area contributed by atoms with E-state index in [0.717, 1.165) is 23.5 Å². The van der Waals surface area contributed by atoms with Gasteiger partial charge in [-0.2, -0.15) is 0 Å². The minimum absolute atomic E-state index is 0.266. The van der Waals surface area contributed by atoms with E-state index in [1.165, 1.54) is 60.8 Å². The predicted octanol–water partition coefficient (Wildman–Crippen LogP) is 13.5. The Labute approximate surface area is 323 Å². The van der Waals surface area contributed by atoms with Crippen LogP contribution in [0.4, 0.5) is 17.1 Å². The molecular formula is C54H39N. The van der Waals surface area contributed by atoms with Crippen LogP contribution in [0.25, 0.3) is 21.9 Å². The zero-order valence-electron chi connectivity index (χ0n) is 30.5. The molecule has 1 nitrogen and oxygen atoms in total. The first-order valence-electron chi connectivity index (χ1n) is 19.5. The Morgan fingerprint density at radius 3 is 1.91 bits per heavy atom. The summed E-state index contributed by atoms with van der Waals surface area (Å²) in [6.07, 6.45) is 10.3. The number of nitrogens with zero attached hydrogens (tertiary/aromatic N) is 1. The number of allylic oxidation sites excluding steroid dienone is 4. The first kappa shape index (κ1) is 31.8. The van der Waals surface area contributed by atoms with Crippen LogP contribution in [0.1, 0.15) is 45.4 Å². The molecule has 0 fully saturated rings. The maximum Gasteiger partial charge on any atom is 0.0708 e. The standard InChI is InChI=1S/C54H39N/c1-4-21-39(22-5-1)53(41-25-17-28-43(37-41)55(42-26-8-3-9-27-42)51-36-16-20-38-19-10-11-29-44(38)51)48-33-14-15-34-49(48)54(40-23-6-2-7-24-40)47-32-13-12-30-45(47)46-31-18-35-50(53)52(46)54/h1-23,25-37,40H,24H2. The van der Waals surface area contributed by atoms with E-state index < -0.39 is 5.41 Å². The van der Waals surface area contributed by atoms with E-state index in [-0.39, 0.29) is 11.3 Å². The molecule has 0 amide bonds. The molecule has 0 bridgehead atoms. The van der Waals surface area contributed by atoms with Gasteiger partial charge in [-0.05, 0) is 98.1 Å². The van der Waals surface area contributed by atoms with Crippen LogP contribution >= 0.6 is 0 Å². The third-order valence-electron chi connectivity index (χ3n) is 12.6. The van der Waals surface area contributed by atoms with Gasteiger partial charge in [-0.25, -0.2) is 0 Å². The summed E-state index contributed by atoms with van der Waals surface area (Å²) in [6.45, 7) is 0. The molecule has 0 saturated carbocycles. The molecule has 11 rings (SSSR count). The van der Waals surface area contributed by atoms with Crippen molar-refractivity contribution in [2.75, 3.05) is 4.90 Å². The molecule has 8 aromatic carbocycles. The molecule has 0 saturated heterocycles. The minimum atomic E-state index is -0.597. The van der Waals surface area contributed by atoms with Gasteiger partial charge in [-0.3, -0.25) is 0 Å². The number of fused-ring (bicyclic) bond motifs is 6. The number of anilines is 3. The average molecular weight is 702 g/mol. The Kier molecular flexibility index (Phi) is 7.19. The number of hydrogen-bond donors (Lipinski definition) is 0. The molecule has 260 valence electrons. The maximum atomic E-state index is 2.47. The quantitative estimate of drug-likeness (QED) is 0.167. The van der Waals surface area contributed by atoms with Gasteiger partial charge in [-0.1, -0.05) is 188 Å². The van der Waals surface area contributed by atoms with Gasteiger partial charge in [0.1, 0.15) is 0 Å². The Morgan fingerprint density at radius 2 is 1.07 bits per heavy atom. The smallest absolute Gasteiger partial charge is 0.0708 e. The van der Waals surface area contributed by atoms with Crippen molar-refractivity contribution in [3.8, 4) is 11.1 Å². The van der Waals surface area contributed by atoms with Gasteiger partial charge in [0.25, 0.3) is 0 Å². The summed E-state index contributed by atoms with van der Waals surface area (Å²) in [5.41, 5.74) is 14.7. The summed E-state index contributed by atoms with van der Waals surface area (Å²) in [5.74, 6) is 0.266. The van der Waals surface area contributed by atoms with Gasteiger partial charge >= 0.3 is 0 Å². The third kappa shape index (κ3) is 4.41. The maximum absolute atomic E-state index is 2.47. The van der Waals surface area contributed by atoms with E-state index in [1.807, 2.05) is 0 Å². The highest BCUT2D eigenvalue weighted by molar-refractivity contribution is 5.99. The summed E-state index contributed by atoms with van der Waals surface area (Å²) >= 11 is 0. The summed E-state index contributed by atoms with van der Waals surface area (Å²) in [7, 11) is 0. The van der Waals surface area contributed by atoms with Gasteiger partial charge in [0, 0.05) is 16.8 Å². The van der Waals surface area contributed by atoms with Crippen LogP contribution in [-0.4, -0.2) is 0 Å². The van der Waals surface area contributed by atoms with Crippen LogP contribution in [0.2, 0.25) is 0 Å². The highest BCUT2D eigenvalue weighted by Crippen LogP contribution is 2.66. The van der Waals surface area contributed by atoms with Crippen LogP contribution in [0.15, 0.2) is 218 Å². The van der Waals surface area contributed by atoms with E-state index in [4.69, 9.17) is 0 Å². The van der Waals surface area contributed by atoms with E-state index in [9.17, 15) is 0 Å². The van der Waals surface area contributed by atoms with Gasteiger partial charge in [0.2, 0.25) is 0 Å². The molecule has 0 aromatic heterocycles. The van der Waals surface area contributed by atoms with Crippen molar-refractivity contribution >= 4 is 27.8 Å². The normalized spacial score (nSPS) is 20.1. The van der Waals surface area contributed by atoms with Gasteiger partial charge in [-0.15, -0.1) is 0 Å². The van der Waals surface area contributed by atoms with E-state index in [0.29, 0.717) is 0 Å². The van der Waals surface area contributed by atoms with Crippen LogP contribution < -0.4 is 4.90 Å². The van der Waals surface area contributed by atoms with Gasteiger partial charge in [0.15, 0.2) is 0 Å². The lowest BCUT2D eigenvalue weighted by molar-refractivity contribution is 0.431. The van der Waals surface area contributed by atoms with E-state index in [2.05, 4.69) is 223 Å². The lowest BCUT2D eigenvalue weighted by atomic mass is 9.50. The molecule has 3 aliphatic carbocycles. The Bertz CT molecular complexity index is 2810. The van der Waals surface area contributed by atoms with Crippen molar-refractivity contribution in [1.29, 1.82) is 0 Å². The summed E-state index contributed by atoms with van der Waals surface area (Å²) < 4.78 is 0. The fourth-order valence-electron chi connectivity index (χ4n) is 10.5. The monoisotopic (exact) mass is 701 g/mol. The Balaban J connectivity index is 1.25. The molecule has 1 heteroatoms. The second-order valence-electron chi connectivity index (χ2n) is 15.1. The summed E-state index contributed by atoms with van der Waals surface area (Å²) in [4.78, 5) is 2.44. The van der Waals surface area contributed by atoms with Crippen molar-refractivity contribution in [2.45, 2.75) is 17.3 Å². The topological polar surface area (TPSA) is 3.24 Å². The van der Waals surface area contributed by atoms with Crippen LogP contribution in [-0.2, 0) is 10.8 Å². The van der Waals surface area contributed by atoms with Crippen molar-refractivity contribution in [2.24, 2.45) is 5.92 Å².